The van der Waals surface area contributed by atoms with Crippen LogP contribution in [0.15, 0.2) is 0 Å². The van der Waals surface area contributed by atoms with Gasteiger partial charge in [0.2, 0.25) is 11.6 Å². The van der Waals surface area contributed by atoms with Gasteiger partial charge in [-0.1, -0.05) is 57.8 Å². The fraction of sp³-hybridized carbons (Fsp3) is 1.00. The van der Waals surface area contributed by atoms with Crippen LogP contribution in [0.3, 0.4) is 0 Å². The Morgan fingerprint density at radius 1 is 0.600 bits per heavy atom. The zero-order chi connectivity index (χ0) is 15.1. The summed E-state index contributed by atoms with van der Waals surface area (Å²) in [7, 11) is 0. The van der Waals surface area contributed by atoms with Crippen molar-refractivity contribution in [3.05, 3.63) is 0 Å². The van der Waals surface area contributed by atoms with Gasteiger partial charge in [0.1, 0.15) is 6.10 Å². The van der Waals surface area contributed by atoms with Crippen molar-refractivity contribution < 1.29 is 25.5 Å². The van der Waals surface area contributed by atoms with Crippen molar-refractivity contribution in [2.75, 3.05) is 0 Å². The maximum absolute atomic E-state index is 9.84. The minimum Gasteiger partial charge on any atom is -0.387 e. The maximum atomic E-state index is 9.84. The van der Waals surface area contributed by atoms with Crippen molar-refractivity contribution in [2.24, 2.45) is 0 Å². The summed E-state index contributed by atoms with van der Waals surface area (Å²) in [5.74, 6) is -5.53. The van der Waals surface area contributed by atoms with E-state index in [2.05, 4.69) is 0 Å². The summed E-state index contributed by atoms with van der Waals surface area (Å²) in [5, 5.41) is 49.2. The molecular formula is C15H30O5. The first-order chi connectivity index (χ1) is 9.38. The molecule has 0 amide bonds. The first-order valence-corrected chi connectivity index (χ1v) is 7.95. The van der Waals surface area contributed by atoms with Gasteiger partial charge in [-0.2, -0.15) is 0 Å². The molecule has 0 aliphatic heterocycles. The molecule has 0 heterocycles. The van der Waals surface area contributed by atoms with E-state index in [4.69, 9.17) is 0 Å². The molecule has 20 heavy (non-hydrogen) atoms. The number of hydrogen-bond acceptors (Lipinski definition) is 5. The van der Waals surface area contributed by atoms with Crippen molar-refractivity contribution >= 4 is 0 Å². The molecule has 0 bridgehead atoms. The molecule has 5 N–H and O–H groups in total. The molecule has 1 atom stereocenters. The van der Waals surface area contributed by atoms with Gasteiger partial charge in [-0.3, -0.25) is 0 Å². The molecule has 0 aromatic carbocycles. The fourth-order valence-corrected chi connectivity index (χ4v) is 2.78. The zero-order valence-electron chi connectivity index (χ0n) is 12.3. The predicted molar refractivity (Wildman–Crippen MR) is 75.7 cm³/mol. The molecule has 0 radical (unpaired) electrons. The molecular weight excluding hydrogens is 260 g/mol. The Bertz CT molecular complexity index is 265. The van der Waals surface area contributed by atoms with Crippen LogP contribution < -0.4 is 0 Å². The van der Waals surface area contributed by atoms with E-state index in [1.807, 2.05) is 0 Å². The molecule has 1 saturated carbocycles. The van der Waals surface area contributed by atoms with Gasteiger partial charge >= 0.3 is 0 Å². The molecule has 1 rings (SSSR count). The monoisotopic (exact) mass is 290 g/mol. The molecule has 1 unspecified atom stereocenters. The number of rotatable bonds is 0. The second-order valence-corrected chi connectivity index (χ2v) is 6.13. The van der Waals surface area contributed by atoms with E-state index >= 15 is 0 Å². The van der Waals surface area contributed by atoms with Crippen LogP contribution in [-0.4, -0.2) is 43.2 Å². The summed E-state index contributed by atoms with van der Waals surface area (Å²) < 4.78 is 0. The lowest BCUT2D eigenvalue weighted by molar-refractivity contribution is -0.386. The van der Waals surface area contributed by atoms with Gasteiger partial charge in [-0.05, 0) is 12.8 Å². The van der Waals surface area contributed by atoms with Crippen LogP contribution in [0.2, 0.25) is 0 Å². The van der Waals surface area contributed by atoms with Crippen molar-refractivity contribution in [2.45, 2.75) is 94.7 Å². The Morgan fingerprint density at radius 2 is 1.00 bits per heavy atom. The van der Waals surface area contributed by atoms with Gasteiger partial charge in [0.25, 0.3) is 0 Å². The zero-order valence-corrected chi connectivity index (χ0v) is 12.3. The van der Waals surface area contributed by atoms with E-state index in [0.717, 1.165) is 32.1 Å². The Hall–Kier alpha value is -0.200. The second kappa shape index (κ2) is 8.29. The maximum Gasteiger partial charge on any atom is 0.245 e. The fourth-order valence-electron chi connectivity index (χ4n) is 2.78. The highest BCUT2D eigenvalue weighted by Gasteiger charge is 2.51. The molecule has 0 aromatic rings. The summed E-state index contributed by atoms with van der Waals surface area (Å²) >= 11 is 0. The molecule has 1 fully saturated rings. The number of aliphatic hydroxyl groups is 5. The average Bonchev–Trinajstić information content (AvgIpc) is 2.38. The molecule has 0 saturated heterocycles. The van der Waals surface area contributed by atoms with Crippen LogP contribution in [0.5, 0.6) is 0 Å². The van der Waals surface area contributed by atoms with Gasteiger partial charge in [-0.15, -0.1) is 0 Å². The van der Waals surface area contributed by atoms with Crippen LogP contribution in [-0.2, 0) is 0 Å². The Balaban J connectivity index is 2.60. The van der Waals surface area contributed by atoms with E-state index in [-0.39, 0.29) is 12.8 Å². The van der Waals surface area contributed by atoms with Gasteiger partial charge < -0.3 is 25.5 Å². The van der Waals surface area contributed by atoms with Crippen LogP contribution in [0.4, 0.5) is 0 Å². The van der Waals surface area contributed by atoms with E-state index in [0.29, 0.717) is 12.8 Å². The van der Waals surface area contributed by atoms with Gasteiger partial charge in [0.15, 0.2) is 0 Å². The summed E-state index contributed by atoms with van der Waals surface area (Å²) in [4.78, 5) is 0. The summed E-state index contributed by atoms with van der Waals surface area (Å²) in [5.41, 5.74) is 0. The van der Waals surface area contributed by atoms with Crippen molar-refractivity contribution in [1.29, 1.82) is 0 Å². The highest BCUT2D eigenvalue weighted by molar-refractivity contribution is 4.88. The van der Waals surface area contributed by atoms with Crippen LogP contribution >= 0.6 is 0 Å². The molecule has 0 aromatic heterocycles. The number of aliphatic hydroxyl groups excluding tert-OH is 1. The summed E-state index contributed by atoms with van der Waals surface area (Å²) in [6.07, 6.45) is 8.19. The quantitative estimate of drug-likeness (QED) is 0.434. The lowest BCUT2D eigenvalue weighted by Gasteiger charge is -2.38. The highest BCUT2D eigenvalue weighted by Crippen LogP contribution is 2.29. The average molecular weight is 290 g/mol. The highest BCUT2D eigenvalue weighted by atomic mass is 16.6. The lowest BCUT2D eigenvalue weighted by Crippen LogP contribution is -2.61. The third kappa shape index (κ3) is 5.30. The standard InChI is InChI=1S/C15H30O5/c16-13-11-9-7-5-3-1-2-4-6-8-10-12-14(17,18)15(13,19)20/h13,16-20H,1-12H2. The minimum absolute atomic E-state index is 0.142. The van der Waals surface area contributed by atoms with E-state index in [9.17, 15) is 25.5 Å². The van der Waals surface area contributed by atoms with E-state index < -0.39 is 17.7 Å². The molecule has 1 aliphatic carbocycles. The predicted octanol–water partition coefficient (Wildman–Crippen LogP) is 1.40. The summed E-state index contributed by atoms with van der Waals surface area (Å²) in [6, 6.07) is 0. The lowest BCUT2D eigenvalue weighted by atomic mass is 9.91. The molecule has 120 valence electrons. The topological polar surface area (TPSA) is 101 Å². The Labute approximate surface area is 121 Å². The van der Waals surface area contributed by atoms with E-state index in [1.165, 1.54) is 19.3 Å². The molecule has 0 spiro atoms. The van der Waals surface area contributed by atoms with Crippen LogP contribution in [0.25, 0.3) is 0 Å². The van der Waals surface area contributed by atoms with Crippen molar-refractivity contribution in [3.8, 4) is 0 Å². The SMILES string of the molecule is OC1CCCCCCCCCCCCC(O)(O)C1(O)O. The van der Waals surface area contributed by atoms with Gasteiger partial charge in [0, 0.05) is 6.42 Å². The largest absolute Gasteiger partial charge is 0.387 e. The Kier molecular flexibility index (Phi) is 7.40. The third-order valence-corrected chi connectivity index (χ3v) is 4.31. The van der Waals surface area contributed by atoms with Gasteiger partial charge in [-0.25, -0.2) is 0 Å². The Morgan fingerprint density at radius 3 is 1.50 bits per heavy atom. The van der Waals surface area contributed by atoms with Crippen molar-refractivity contribution in [1.82, 2.24) is 0 Å². The van der Waals surface area contributed by atoms with E-state index in [1.54, 1.807) is 0 Å². The normalized spacial score (nSPS) is 30.1. The molecule has 5 nitrogen and oxygen atoms in total. The number of hydrogen-bond donors (Lipinski definition) is 5. The summed E-state index contributed by atoms with van der Waals surface area (Å²) in [6.45, 7) is 0. The van der Waals surface area contributed by atoms with Crippen LogP contribution in [0, 0.1) is 0 Å². The van der Waals surface area contributed by atoms with Crippen LogP contribution in [0.1, 0.15) is 77.0 Å². The van der Waals surface area contributed by atoms with Gasteiger partial charge in [0.05, 0.1) is 0 Å². The third-order valence-electron chi connectivity index (χ3n) is 4.31. The molecule has 5 heteroatoms. The van der Waals surface area contributed by atoms with Crippen molar-refractivity contribution in [3.63, 3.8) is 0 Å². The second-order valence-electron chi connectivity index (χ2n) is 6.13. The smallest absolute Gasteiger partial charge is 0.245 e. The minimum atomic E-state index is -2.87. The molecule has 1 aliphatic rings. The first kappa shape index (κ1) is 17.9. The first-order valence-electron chi connectivity index (χ1n) is 7.95.